The summed E-state index contributed by atoms with van der Waals surface area (Å²) in [5.74, 6) is 0.213. The molecule has 1 aliphatic heterocycles. The van der Waals surface area contributed by atoms with Gasteiger partial charge in [-0.2, -0.15) is 9.29 Å². The fraction of sp³-hybridized carbons (Fsp3) is 0.333. The van der Waals surface area contributed by atoms with Gasteiger partial charge < -0.3 is 10.1 Å². The van der Waals surface area contributed by atoms with Gasteiger partial charge in [-0.3, -0.25) is 0 Å². The minimum Gasteiger partial charge on any atom is -0.383 e. The van der Waals surface area contributed by atoms with Crippen molar-refractivity contribution < 1.29 is 21.6 Å². The summed E-state index contributed by atoms with van der Waals surface area (Å²) in [5, 5.41) is 3.39. The first-order valence-corrected chi connectivity index (χ1v) is 16.5. The molecule has 2 N–H and O–H groups in total. The lowest BCUT2D eigenvalue weighted by Crippen LogP contribution is -2.35. The molecule has 1 saturated heterocycles. The molecule has 15 heteroatoms. The summed E-state index contributed by atoms with van der Waals surface area (Å²) in [6.07, 6.45) is 4.25. The third kappa shape index (κ3) is 7.54. The molecule has 39 heavy (non-hydrogen) atoms. The standard InChI is InChI=1S/C24H27Cl2N5O5S3/c1-36-14-11-27-23-21(16-28-24(29-23)30-38(32,33)22-10-5-17(25)15-20(22)26)37-18-6-8-19(9-7-18)39(34,35)31-12-3-2-4-13-31/h5-10,15-16H,2-4,11-14H2,1H3,(H2,27,28,29,30). The van der Waals surface area contributed by atoms with E-state index in [1.54, 1.807) is 31.4 Å². The summed E-state index contributed by atoms with van der Waals surface area (Å²) in [5.41, 5.74) is 0. The maximum atomic E-state index is 13.0. The van der Waals surface area contributed by atoms with Gasteiger partial charge in [0.1, 0.15) is 10.7 Å². The largest absolute Gasteiger partial charge is 0.383 e. The average molecular weight is 633 g/mol. The Labute approximate surface area is 242 Å². The number of ether oxygens (including phenoxy) is 1. The second-order valence-corrected chi connectivity index (χ2v) is 14.1. The van der Waals surface area contributed by atoms with Crippen molar-refractivity contribution in [3.63, 3.8) is 0 Å². The van der Waals surface area contributed by atoms with Gasteiger partial charge in [0.2, 0.25) is 16.0 Å². The number of nitrogens with one attached hydrogen (secondary N) is 2. The minimum atomic E-state index is -4.09. The van der Waals surface area contributed by atoms with Crippen LogP contribution < -0.4 is 10.0 Å². The van der Waals surface area contributed by atoms with E-state index in [1.165, 1.54) is 40.5 Å². The lowest BCUT2D eigenvalue weighted by molar-refractivity contribution is 0.210. The Balaban J connectivity index is 1.55. The summed E-state index contributed by atoms with van der Waals surface area (Å²) in [6, 6.07) is 10.7. The van der Waals surface area contributed by atoms with Gasteiger partial charge in [-0.15, -0.1) is 0 Å². The van der Waals surface area contributed by atoms with E-state index in [4.69, 9.17) is 27.9 Å². The predicted octanol–water partition coefficient (Wildman–Crippen LogP) is 4.97. The molecule has 210 valence electrons. The fourth-order valence-electron chi connectivity index (χ4n) is 3.82. The van der Waals surface area contributed by atoms with E-state index in [-0.39, 0.29) is 20.8 Å². The number of anilines is 2. The van der Waals surface area contributed by atoms with Crippen molar-refractivity contribution in [2.45, 2.75) is 38.8 Å². The van der Waals surface area contributed by atoms with E-state index in [0.717, 1.165) is 24.2 Å². The first kappa shape index (κ1) is 29.8. The van der Waals surface area contributed by atoms with Crippen LogP contribution >= 0.6 is 35.0 Å². The Morgan fingerprint density at radius 1 is 1.03 bits per heavy atom. The Morgan fingerprint density at radius 3 is 2.41 bits per heavy atom. The molecule has 0 amide bonds. The number of piperidine rings is 1. The molecule has 0 unspecified atom stereocenters. The topological polar surface area (TPSA) is 131 Å². The highest BCUT2D eigenvalue weighted by Gasteiger charge is 2.26. The number of methoxy groups -OCH3 is 1. The zero-order valence-electron chi connectivity index (χ0n) is 20.9. The highest BCUT2D eigenvalue weighted by atomic mass is 35.5. The molecule has 0 radical (unpaired) electrons. The van der Waals surface area contributed by atoms with E-state index in [9.17, 15) is 16.8 Å². The van der Waals surface area contributed by atoms with Gasteiger partial charge in [0.05, 0.1) is 21.4 Å². The molecule has 1 aliphatic rings. The van der Waals surface area contributed by atoms with Gasteiger partial charge in [0.25, 0.3) is 10.0 Å². The Morgan fingerprint density at radius 2 is 1.74 bits per heavy atom. The molecule has 4 rings (SSSR count). The van der Waals surface area contributed by atoms with Crippen LogP contribution in [0.25, 0.3) is 0 Å². The van der Waals surface area contributed by atoms with Gasteiger partial charge in [-0.1, -0.05) is 41.4 Å². The molecule has 0 bridgehead atoms. The van der Waals surface area contributed by atoms with Crippen LogP contribution in [0.15, 0.2) is 68.2 Å². The minimum absolute atomic E-state index is 0.0358. The van der Waals surface area contributed by atoms with Crippen molar-refractivity contribution >= 4 is 66.8 Å². The van der Waals surface area contributed by atoms with Gasteiger partial charge in [-0.05, 0) is 55.3 Å². The maximum absolute atomic E-state index is 13.0. The molecule has 0 saturated carbocycles. The van der Waals surface area contributed by atoms with Crippen molar-refractivity contribution in [3.8, 4) is 0 Å². The normalized spacial score (nSPS) is 14.7. The van der Waals surface area contributed by atoms with E-state index in [2.05, 4.69) is 20.0 Å². The third-order valence-electron chi connectivity index (χ3n) is 5.77. The first-order valence-electron chi connectivity index (χ1n) is 12.0. The second-order valence-electron chi connectivity index (χ2n) is 8.54. The SMILES string of the molecule is COCCNc1nc(NS(=O)(=O)c2ccc(Cl)cc2Cl)ncc1Sc1ccc(S(=O)(=O)N2CCCCC2)cc1. The number of aromatic nitrogens is 2. The summed E-state index contributed by atoms with van der Waals surface area (Å²) in [7, 11) is -6.06. The molecular formula is C24H27Cl2N5O5S3. The van der Waals surface area contributed by atoms with Crippen LogP contribution in [0, 0.1) is 0 Å². The van der Waals surface area contributed by atoms with Gasteiger partial charge in [-0.25, -0.2) is 26.5 Å². The molecular weight excluding hydrogens is 605 g/mol. The molecule has 0 spiro atoms. The fourth-order valence-corrected chi connectivity index (χ4v) is 7.91. The quantitative estimate of drug-likeness (QED) is 0.282. The van der Waals surface area contributed by atoms with Crippen LogP contribution in [0.4, 0.5) is 11.8 Å². The highest BCUT2D eigenvalue weighted by molar-refractivity contribution is 7.99. The number of rotatable bonds is 11. The Bertz CT molecular complexity index is 1520. The molecule has 10 nitrogen and oxygen atoms in total. The van der Waals surface area contributed by atoms with E-state index in [0.29, 0.717) is 42.0 Å². The number of nitrogens with zero attached hydrogens (tertiary/aromatic N) is 3. The first-order chi connectivity index (χ1) is 18.6. The third-order valence-corrected chi connectivity index (χ3v) is 10.8. The van der Waals surface area contributed by atoms with Crippen LogP contribution in [0.1, 0.15) is 19.3 Å². The number of hydrogen-bond acceptors (Lipinski definition) is 9. The molecule has 2 heterocycles. The summed E-state index contributed by atoms with van der Waals surface area (Å²) >= 11 is 13.3. The van der Waals surface area contributed by atoms with Crippen LogP contribution in [-0.4, -0.2) is 64.5 Å². The zero-order chi connectivity index (χ0) is 28.0. The predicted molar refractivity (Wildman–Crippen MR) is 153 cm³/mol. The van der Waals surface area contributed by atoms with Gasteiger partial charge >= 0.3 is 0 Å². The molecule has 3 aromatic rings. The molecule has 1 aromatic heterocycles. The summed E-state index contributed by atoms with van der Waals surface area (Å²) in [4.78, 5) is 9.97. The lowest BCUT2D eigenvalue weighted by Gasteiger charge is -2.25. The Kier molecular flexibility index (Phi) is 9.97. The van der Waals surface area contributed by atoms with Gasteiger partial charge in [0, 0.05) is 42.9 Å². The van der Waals surface area contributed by atoms with Crippen molar-refractivity contribution in [1.82, 2.24) is 14.3 Å². The summed E-state index contributed by atoms with van der Waals surface area (Å²) in [6.45, 7) is 1.86. The number of benzene rings is 2. The van der Waals surface area contributed by atoms with Crippen molar-refractivity contribution in [3.05, 3.63) is 58.7 Å². The van der Waals surface area contributed by atoms with Crippen molar-refractivity contribution in [1.29, 1.82) is 0 Å². The second kappa shape index (κ2) is 13.0. The number of hydrogen-bond donors (Lipinski definition) is 2. The highest BCUT2D eigenvalue weighted by Crippen LogP contribution is 2.34. The van der Waals surface area contributed by atoms with Gasteiger partial charge in [0.15, 0.2) is 0 Å². The molecule has 2 aromatic carbocycles. The summed E-state index contributed by atoms with van der Waals surface area (Å²) < 4.78 is 60.7. The van der Waals surface area contributed by atoms with Crippen molar-refractivity contribution in [2.24, 2.45) is 0 Å². The molecule has 0 aliphatic carbocycles. The molecule has 0 atom stereocenters. The maximum Gasteiger partial charge on any atom is 0.265 e. The van der Waals surface area contributed by atoms with E-state index >= 15 is 0 Å². The van der Waals surface area contributed by atoms with E-state index < -0.39 is 20.0 Å². The van der Waals surface area contributed by atoms with Crippen LogP contribution in [-0.2, 0) is 24.8 Å². The van der Waals surface area contributed by atoms with Crippen LogP contribution in [0.2, 0.25) is 10.0 Å². The Hall–Kier alpha value is -2.13. The lowest BCUT2D eigenvalue weighted by atomic mass is 10.2. The smallest absolute Gasteiger partial charge is 0.265 e. The van der Waals surface area contributed by atoms with Crippen molar-refractivity contribution in [2.75, 3.05) is 43.4 Å². The molecule has 1 fully saturated rings. The monoisotopic (exact) mass is 631 g/mol. The van der Waals surface area contributed by atoms with E-state index in [1.807, 2.05) is 0 Å². The zero-order valence-corrected chi connectivity index (χ0v) is 24.9. The number of sulfonamides is 2. The van der Waals surface area contributed by atoms with Crippen LogP contribution in [0.3, 0.4) is 0 Å². The number of halogens is 2. The average Bonchev–Trinajstić information content (AvgIpc) is 2.90. The van der Waals surface area contributed by atoms with Crippen LogP contribution in [0.5, 0.6) is 0 Å².